The van der Waals surface area contributed by atoms with Crippen LogP contribution >= 0.6 is 11.5 Å². The van der Waals surface area contributed by atoms with Crippen LogP contribution in [0.15, 0.2) is 0 Å². The van der Waals surface area contributed by atoms with E-state index in [-0.39, 0.29) is 5.60 Å². The molecule has 0 spiro atoms. The van der Waals surface area contributed by atoms with Crippen LogP contribution in [0.3, 0.4) is 0 Å². The second-order valence-corrected chi connectivity index (χ2v) is 4.62. The smallest absolute Gasteiger partial charge is 0.202 e. The third kappa shape index (κ3) is 3.15. The zero-order chi connectivity index (χ0) is 12.0. The molecule has 0 bridgehead atoms. The van der Waals surface area contributed by atoms with Gasteiger partial charge in [0.2, 0.25) is 5.13 Å². The molecule has 0 aliphatic rings. The summed E-state index contributed by atoms with van der Waals surface area (Å²) in [5.74, 6) is 0.792. The highest BCUT2D eigenvalue weighted by atomic mass is 32.1. The first kappa shape index (κ1) is 13.4. The third-order valence-electron chi connectivity index (χ3n) is 2.56. The Morgan fingerprint density at radius 2 is 2.12 bits per heavy atom. The van der Waals surface area contributed by atoms with E-state index in [1.165, 1.54) is 11.5 Å². The lowest BCUT2D eigenvalue weighted by Crippen LogP contribution is -2.26. The van der Waals surface area contributed by atoms with Gasteiger partial charge in [0.15, 0.2) is 5.82 Å². The van der Waals surface area contributed by atoms with Gasteiger partial charge in [-0.15, -0.1) is 0 Å². The zero-order valence-electron chi connectivity index (χ0n) is 10.5. The summed E-state index contributed by atoms with van der Waals surface area (Å²) in [5, 5.41) is 4.13. The molecule has 5 heteroatoms. The number of hydrogen-bond acceptors (Lipinski definition) is 5. The maximum absolute atomic E-state index is 5.74. The van der Waals surface area contributed by atoms with Crippen LogP contribution in [-0.4, -0.2) is 22.5 Å². The van der Waals surface area contributed by atoms with Crippen molar-refractivity contribution in [2.75, 3.05) is 18.5 Å². The van der Waals surface area contributed by atoms with Crippen molar-refractivity contribution < 1.29 is 4.74 Å². The maximum atomic E-state index is 5.74. The molecule has 1 unspecified atom stereocenters. The van der Waals surface area contributed by atoms with Gasteiger partial charge in [-0.25, -0.2) is 4.98 Å². The van der Waals surface area contributed by atoms with Crippen molar-refractivity contribution in [3.8, 4) is 0 Å². The molecule has 0 fully saturated rings. The van der Waals surface area contributed by atoms with Gasteiger partial charge in [0.25, 0.3) is 0 Å². The molecule has 4 nitrogen and oxygen atoms in total. The first-order valence-electron chi connectivity index (χ1n) is 5.88. The van der Waals surface area contributed by atoms with Gasteiger partial charge in [0.1, 0.15) is 5.60 Å². The molecular weight excluding hydrogens is 222 g/mol. The molecule has 1 aromatic rings. The highest BCUT2D eigenvalue weighted by molar-refractivity contribution is 7.09. The minimum absolute atomic E-state index is 0.350. The van der Waals surface area contributed by atoms with Gasteiger partial charge in [-0.05, 0) is 26.7 Å². The van der Waals surface area contributed by atoms with Crippen LogP contribution in [0.1, 0.15) is 46.4 Å². The van der Waals surface area contributed by atoms with Crippen LogP contribution < -0.4 is 5.32 Å². The lowest BCUT2D eigenvalue weighted by molar-refractivity contribution is -0.0381. The molecule has 1 heterocycles. The highest BCUT2D eigenvalue weighted by Gasteiger charge is 2.29. The van der Waals surface area contributed by atoms with Gasteiger partial charge in [0, 0.05) is 24.7 Å². The Bertz CT molecular complexity index is 316. The van der Waals surface area contributed by atoms with Gasteiger partial charge in [-0.3, -0.25) is 0 Å². The summed E-state index contributed by atoms with van der Waals surface area (Å²) in [6.45, 7) is 9.88. The minimum Gasteiger partial charge on any atom is -0.368 e. The molecule has 1 rings (SSSR count). The predicted molar refractivity (Wildman–Crippen MR) is 68.0 cm³/mol. The maximum Gasteiger partial charge on any atom is 0.202 e. The van der Waals surface area contributed by atoms with Gasteiger partial charge in [-0.1, -0.05) is 13.8 Å². The standard InChI is InChI=1S/C11H21N3OS/c1-5-8-12-10-13-9(14-16-10)11(4,6-2)15-7-3/h5-8H2,1-4H3,(H,12,13,14). The molecular formula is C11H21N3OS. The van der Waals surface area contributed by atoms with E-state index in [2.05, 4.69) is 28.5 Å². The lowest BCUT2D eigenvalue weighted by Gasteiger charge is -2.24. The molecule has 92 valence electrons. The number of hydrogen-bond donors (Lipinski definition) is 1. The largest absolute Gasteiger partial charge is 0.368 e. The molecule has 0 amide bonds. The Kier molecular flexibility index (Phi) is 5.15. The average Bonchev–Trinajstić information content (AvgIpc) is 2.75. The highest BCUT2D eigenvalue weighted by Crippen LogP contribution is 2.28. The summed E-state index contributed by atoms with van der Waals surface area (Å²) in [7, 11) is 0. The summed E-state index contributed by atoms with van der Waals surface area (Å²) in [6.07, 6.45) is 1.97. The number of ether oxygens (including phenoxy) is 1. The molecule has 0 aliphatic carbocycles. The molecule has 16 heavy (non-hydrogen) atoms. The van der Waals surface area contributed by atoms with Crippen molar-refractivity contribution >= 4 is 16.7 Å². The average molecular weight is 243 g/mol. The van der Waals surface area contributed by atoms with Crippen molar-refractivity contribution in [1.82, 2.24) is 9.36 Å². The van der Waals surface area contributed by atoms with Crippen LogP contribution in [0, 0.1) is 0 Å². The molecule has 1 N–H and O–H groups in total. The van der Waals surface area contributed by atoms with E-state index in [1.807, 2.05) is 13.8 Å². The van der Waals surface area contributed by atoms with Gasteiger partial charge in [0.05, 0.1) is 0 Å². The van der Waals surface area contributed by atoms with Crippen LogP contribution in [0.25, 0.3) is 0 Å². The number of nitrogens with one attached hydrogen (secondary N) is 1. The van der Waals surface area contributed by atoms with E-state index in [9.17, 15) is 0 Å². The van der Waals surface area contributed by atoms with Crippen LogP contribution in [0.4, 0.5) is 5.13 Å². The summed E-state index contributed by atoms with van der Waals surface area (Å²) in [6, 6.07) is 0. The van der Waals surface area contributed by atoms with E-state index in [4.69, 9.17) is 4.74 Å². The number of aromatic nitrogens is 2. The SMILES string of the molecule is CCCNc1nc(C(C)(CC)OCC)ns1. The minimum atomic E-state index is -0.350. The first-order chi connectivity index (χ1) is 7.66. The molecule has 1 atom stereocenters. The molecule has 0 aromatic carbocycles. The van der Waals surface area contributed by atoms with Gasteiger partial charge < -0.3 is 10.1 Å². The van der Waals surface area contributed by atoms with Gasteiger partial charge >= 0.3 is 0 Å². The van der Waals surface area contributed by atoms with Crippen molar-refractivity contribution in [3.05, 3.63) is 5.82 Å². The summed E-state index contributed by atoms with van der Waals surface area (Å²) in [4.78, 5) is 4.48. The predicted octanol–water partition coefficient (Wildman–Crippen LogP) is 3.02. The second-order valence-electron chi connectivity index (χ2n) is 3.87. The Labute approximate surface area is 102 Å². The fraction of sp³-hybridized carbons (Fsp3) is 0.818. The summed E-state index contributed by atoms with van der Waals surface area (Å²) < 4.78 is 10.1. The fourth-order valence-corrected chi connectivity index (χ4v) is 2.09. The Hall–Kier alpha value is -0.680. The molecule has 0 aliphatic heterocycles. The monoisotopic (exact) mass is 243 g/mol. The lowest BCUT2D eigenvalue weighted by atomic mass is 10.0. The second kappa shape index (κ2) is 6.15. The molecule has 0 saturated heterocycles. The van der Waals surface area contributed by atoms with Crippen molar-refractivity contribution in [2.24, 2.45) is 0 Å². The van der Waals surface area contributed by atoms with E-state index in [0.717, 1.165) is 30.3 Å². The normalized spacial score (nSPS) is 14.8. The van der Waals surface area contributed by atoms with Crippen LogP contribution in [0.5, 0.6) is 0 Å². The van der Waals surface area contributed by atoms with E-state index >= 15 is 0 Å². The number of rotatable bonds is 7. The summed E-state index contributed by atoms with van der Waals surface area (Å²) in [5.41, 5.74) is -0.350. The number of nitrogens with zero attached hydrogens (tertiary/aromatic N) is 2. The quantitative estimate of drug-likeness (QED) is 0.799. The Balaban J connectivity index is 2.74. The van der Waals surface area contributed by atoms with Crippen molar-refractivity contribution in [3.63, 3.8) is 0 Å². The van der Waals surface area contributed by atoms with Gasteiger partial charge in [-0.2, -0.15) is 4.37 Å². The van der Waals surface area contributed by atoms with Crippen LogP contribution in [0.2, 0.25) is 0 Å². The molecule has 0 radical (unpaired) electrons. The fourth-order valence-electron chi connectivity index (χ4n) is 1.39. The first-order valence-corrected chi connectivity index (χ1v) is 6.65. The van der Waals surface area contributed by atoms with E-state index in [0.29, 0.717) is 6.61 Å². The molecule has 0 saturated carbocycles. The number of anilines is 1. The third-order valence-corrected chi connectivity index (χ3v) is 3.24. The molecule has 1 aromatic heterocycles. The topological polar surface area (TPSA) is 47.0 Å². The van der Waals surface area contributed by atoms with Crippen molar-refractivity contribution in [2.45, 2.75) is 46.1 Å². The van der Waals surface area contributed by atoms with Crippen molar-refractivity contribution in [1.29, 1.82) is 0 Å². The summed E-state index contributed by atoms with van der Waals surface area (Å²) >= 11 is 1.41. The zero-order valence-corrected chi connectivity index (χ0v) is 11.4. The van der Waals surface area contributed by atoms with E-state index in [1.54, 1.807) is 0 Å². The van der Waals surface area contributed by atoms with Crippen LogP contribution in [-0.2, 0) is 10.3 Å². The van der Waals surface area contributed by atoms with E-state index < -0.39 is 0 Å². The Morgan fingerprint density at radius 1 is 1.38 bits per heavy atom. The Morgan fingerprint density at radius 3 is 2.69 bits per heavy atom.